The summed E-state index contributed by atoms with van der Waals surface area (Å²) in [6.45, 7) is 7.09. The Morgan fingerprint density at radius 1 is 1.22 bits per heavy atom. The van der Waals surface area contributed by atoms with Crippen molar-refractivity contribution >= 4 is 15.9 Å². The molecule has 1 aliphatic carbocycles. The lowest BCUT2D eigenvalue weighted by Crippen LogP contribution is -2.30. The third kappa shape index (κ3) is 2.99. The molecule has 0 saturated heterocycles. The molecule has 2 rings (SSSR count). The molecule has 0 aromatic heterocycles. The highest BCUT2D eigenvalue weighted by Crippen LogP contribution is 2.50. The highest BCUT2D eigenvalue weighted by atomic mass is 79.9. The SMILES string of the molecule is CCc1ccc(C(Br)C2CCCCC2(C)C)cc1. The van der Waals surface area contributed by atoms with E-state index in [0.29, 0.717) is 10.2 Å². The van der Waals surface area contributed by atoms with Gasteiger partial charge in [0.15, 0.2) is 0 Å². The van der Waals surface area contributed by atoms with Crippen LogP contribution in [0.3, 0.4) is 0 Å². The van der Waals surface area contributed by atoms with Crippen molar-refractivity contribution in [2.24, 2.45) is 11.3 Å². The minimum absolute atomic E-state index is 0.468. The molecule has 1 aromatic rings. The first-order valence-corrected chi connectivity index (χ1v) is 8.19. The van der Waals surface area contributed by atoms with Gasteiger partial charge in [-0.3, -0.25) is 0 Å². The second kappa shape index (κ2) is 5.77. The lowest BCUT2D eigenvalue weighted by Gasteiger charge is -2.41. The molecule has 0 nitrogen and oxygen atoms in total. The highest BCUT2D eigenvalue weighted by Gasteiger charge is 2.36. The molecule has 18 heavy (non-hydrogen) atoms. The van der Waals surface area contributed by atoms with Crippen LogP contribution < -0.4 is 0 Å². The molecule has 0 spiro atoms. The average molecular weight is 309 g/mol. The molecule has 1 aliphatic rings. The van der Waals surface area contributed by atoms with Gasteiger partial charge in [0.1, 0.15) is 0 Å². The van der Waals surface area contributed by atoms with Crippen molar-refractivity contribution in [2.45, 2.75) is 57.7 Å². The van der Waals surface area contributed by atoms with Crippen LogP contribution in [0.1, 0.15) is 62.4 Å². The monoisotopic (exact) mass is 308 g/mol. The number of halogens is 1. The van der Waals surface area contributed by atoms with Crippen LogP contribution in [0.2, 0.25) is 0 Å². The molecular weight excluding hydrogens is 284 g/mol. The van der Waals surface area contributed by atoms with Crippen molar-refractivity contribution in [1.29, 1.82) is 0 Å². The second-order valence-corrected chi connectivity index (χ2v) is 7.32. The molecule has 0 heterocycles. The lowest BCUT2D eigenvalue weighted by molar-refractivity contribution is 0.136. The fraction of sp³-hybridized carbons (Fsp3) is 0.647. The maximum absolute atomic E-state index is 3.97. The zero-order chi connectivity index (χ0) is 13.2. The van der Waals surface area contributed by atoms with Crippen LogP contribution in [0.5, 0.6) is 0 Å². The largest absolute Gasteiger partial charge is 0.0836 e. The topological polar surface area (TPSA) is 0 Å². The first kappa shape index (κ1) is 14.1. The lowest BCUT2D eigenvalue weighted by atomic mass is 9.67. The first-order valence-electron chi connectivity index (χ1n) is 7.27. The number of benzene rings is 1. The number of aryl methyl sites for hydroxylation is 1. The van der Waals surface area contributed by atoms with E-state index in [0.717, 1.165) is 12.3 Å². The van der Waals surface area contributed by atoms with Gasteiger partial charge in [-0.2, -0.15) is 0 Å². The molecule has 1 fully saturated rings. The van der Waals surface area contributed by atoms with E-state index in [1.54, 1.807) is 0 Å². The van der Waals surface area contributed by atoms with Gasteiger partial charge in [-0.25, -0.2) is 0 Å². The van der Waals surface area contributed by atoms with Crippen LogP contribution in [0.15, 0.2) is 24.3 Å². The Kier molecular flexibility index (Phi) is 4.53. The van der Waals surface area contributed by atoms with E-state index in [1.165, 1.54) is 36.8 Å². The van der Waals surface area contributed by atoms with E-state index in [4.69, 9.17) is 0 Å². The summed E-state index contributed by atoms with van der Waals surface area (Å²) in [5.41, 5.74) is 3.35. The van der Waals surface area contributed by atoms with Crippen molar-refractivity contribution in [2.75, 3.05) is 0 Å². The fourth-order valence-corrected chi connectivity index (χ4v) is 4.52. The van der Waals surface area contributed by atoms with Crippen molar-refractivity contribution in [3.8, 4) is 0 Å². The molecule has 0 N–H and O–H groups in total. The summed E-state index contributed by atoms with van der Waals surface area (Å²) in [5, 5.41) is 0. The molecule has 0 bridgehead atoms. The zero-order valence-electron chi connectivity index (χ0n) is 11.9. The molecule has 0 amide bonds. The van der Waals surface area contributed by atoms with E-state index in [1.807, 2.05) is 0 Å². The fourth-order valence-electron chi connectivity index (χ4n) is 3.23. The van der Waals surface area contributed by atoms with Gasteiger partial charge in [-0.1, -0.05) is 73.8 Å². The predicted octanol–water partition coefficient (Wildman–Crippen LogP) is 5.90. The van der Waals surface area contributed by atoms with Gasteiger partial charge in [0.05, 0.1) is 0 Å². The summed E-state index contributed by atoms with van der Waals surface area (Å²) in [4.78, 5) is 0.513. The quantitative estimate of drug-likeness (QED) is 0.610. The molecule has 1 heteroatoms. The summed E-state index contributed by atoms with van der Waals surface area (Å²) in [7, 11) is 0. The zero-order valence-corrected chi connectivity index (χ0v) is 13.5. The smallest absolute Gasteiger partial charge is 0.0428 e. The summed E-state index contributed by atoms with van der Waals surface area (Å²) < 4.78 is 0. The van der Waals surface area contributed by atoms with Crippen molar-refractivity contribution in [3.63, 3.8) is 0 Å². The molecule has 2 atom stereocenters. The Hall–Kier alpha value is -0.300. The number of hydrogen-bond acceptors (Lipinski definition) is 0. The molecule has 2 unspecified atom stereocenters. The average Bonchev–Trinajstić information content (AvgIpc) is 2.37. The first-order chi connectivity index (χ1) is 8.54. The van der Waals surface area contributed by atoms with E-state index in [9.17, 15) is 0 Å². The van der Waals surface area contributed by atoms with E-state index in [2.05, 4.69) is 61.0 Å². The van der Waals surface area contributed by atoms with Gasteiger partial charge < -0.3 is 0 Å². The standard InChI is InChI=1S/C17H25Br/c1-4-13-8-10-14(11-9-13)16(18)15-7-5-6-12-17(15,2)3/h8-11,15-16H,4-7,12H2,1-3H3. The van der Waals surface area contributed by atoms with Gasteiger partial charge in [0.25, 0.3) is 0 Å². The summed E-state index contributed by atoms with van der Waals surface area (Å²) >= 11 is 3.97. The van der Waals surface area contributed by atoms with Gasteiger partial charge in [-0.15, -0.1) is 0 Å². The molecule has 0 aliphatic heterocycles. The molecular formula is C17H25Br. The number of hydrogen-bond donors (Lipinski definition) is 0. The van der Waals surface area contributed by atoms with Crippen molar-refractivity contribution in [1.82, 2.24) is 0 Å². The van der Waals surface area contributed by atoms with Crippen molar-refractivity contribution in [3.05, 3.63) is 35.4 Å². The number of alkyl halides is 1. The summed E-state index contributed by atoms with van der Waals surface area (Å²) in [6.07, 6.45) is 6.65. The van der Waals surface area contributed by atoms with E-state index in [-0.39, 0.29) is 0 Å². The van der Waals surface area contributed by atoms with Gasteiger partial charge in [-0.05, 0) is 41.7 Å². The Morgan fingerprint density at radius 2 is 1.89 bits per heavy atom. The van der Waals surface area contributed by atoms with Gasteiger partial charge in [0, 0.05) is 4.83 Å². The molecule has 100 valence electrons. The van der Waals surface area contributed by atoms with Gasteiger partial charge in [0.2, 0.25) is 0 Å². The molecule has 0 radical (unpaired) electrons. The third-order valence-corrected chi connectivity index (χ3v) is 5.82. The molecule has 1 saturated carbocycles. The van der Waals surface area contributed by atoms with E-state index < -0.39 is 0 Å². The summed E-state index contributed by atoms with van der Waals surface area (Å²) in [6, 6.07) is 9.17. The Labute approximate surface area is 120 Å². The van der Waals surface area contributed by atoms with Crippen molar-refractivity contribution < 1.29 is 0 Å². The maximum Gasteiger partial charge on any atom is 0.0428 e. The Bertz CT molecular complexity index is 377. The Morgan fingerprint density at radius 3 is 2.44 bits per heavy atom. The normalized spacial score (nSPS) is 24.8. The minimum Gasteiger partial charge on any atom is -0.0836 e. The van der Waals surface area contributed by atoms with Crippen LogP contribution >= 0.6 is 15.9 Å². The predicted molar refractivity (Wildman–Crippen MR) is 83.2 cm³/mol. The van der Waals surface area contributed by atoms with Crippen LogP contribution in [0.25, 0.3) is 0 Å². The van der Waals surface area contributed by atoms with Crippen LogP contribution in [0, 0.1) is 11.3 Å². The van der Waals surface area contributed by atoms with Crippen LogP contribution in [0.4, 0.5) is 0 Å². The third-order valence-electron chi connectivity index (χ3n) is 4.65. The summed E-state index contributed by atoms with van der Waals surface area (Å²) in [5.74, 6) is 0.763. The Balaban J connectivity index is 2.16. The van der Waals surface area contributed by atoms with Crippen LogP contribution in [-0.2, 0) is 6.42 Å². The maximum atomic E-state index is 3.97. The molecule has 1 aromatic carbocycles. The minimum atomic E-state index is 0.468. The van der Waals surface area contributed by atoms with Crippen LogP contribution in [-0.4, -0.2) is 0 Å². The van der Waals surface area contributed by atoms with E-state index >= 15 is 0 Å². The highest BCUT2D eigenvalue weighted by molar-refractivity contribution is 9.09. The number of rotatable bonds is 3. The van der Waals surface area contributed by atoms with Gasteiger partial charge >= 0.3 is 0 Å². The second-order valence-electron chi connectivity index (χ2n) is 6.34.